The fourth-order valence-corrected chi connectivity index (χ4v) is 3.20. The third kappa shape index (κ3) is 3.52. The van der Waals surface area contributed by atoms with Crippen molar-refractivity contribution in [1.29, 1.82) is 0 Å². The molecule has 1 aromatic carbocycles. The quantitative estimate of drug-likeness (QED) is 0.809. The first kappa shape index (κ1) is 15.1. The number of aromatic nitrogens is 1. The molecule has 3 rings (SSSR count). The number of H-pyrrole nitrogens is 1. The van der Waals surface area contributed by atoms with Gasteiger partial charge in [-0.05, 0) is 35.8 Å². The molecule has 1 N–H and O–H groups in total. The van der Waals surface area contributed by atoms with Crippen LogP contribution in [0.4, 0.5) is 0 Å². The van der Waals surface area contributed by atoms with Gasteiger partial charge in [0.05, 0.1) is 0 Å². The van der Waals surface area contributed by atoms with Crippen molar-refractivity contribution in [3.05, 3.63) is 76.1 Å². The van der Waals surface area contributed by atoms with E-state index in [-0.39, 0.29) is 0 Å². The zero-order chi connectivity index (χ0) is 15.4. The molecular weight excluding hydrogens is 292 g/mol. The first-order valence-corrected chi connectivity index (χ1v) is 8.09. The van der Waals surface area contributed by atoms with Gasteiger partial charge in [0.2, 0.25) is 0 Å². The van der Waals surface area contributed by atoms with Crippen LogP contribution in [0.1, 0.15) is 29.3 Å². The Morgan fingerprint density at radius 3 is 2.91 bits per heavy atom. The maximum absolute atomic E-state index is 6.23. The molecule has 1 aliphatic rings. The van der Waals surface area contributed by atoms with Gasteiger partial charge >= 0.3 is 0 Å². The molecule has 0 aliphatic carbocycles. The molecule has 0 atom stereocenters. The molecule has 0 unspecified atom stereocenters. The van der Waals surface area contributed by atoms with Gasteiger partial charge in [0.1, 0.15) is 0 Å². The lowest BCUT2D eigenvalue weighted by Gasteiger charge is -2.27. The second-order valence-electron chi connectivity index (χ2n) is 5.68. The number of nitrogens with zero attached hydrogens (tertiary/aromatic N) is 1. The van der Waals surface area contributed by atoms with E-state index in [0.717, 1.165) is 31.1 Å². The van der Waals surface area contributed by atoms with Gasteiger partial charge < -0.3 is 4.98 Å². The molecule has 0 spiro atoms. The Morgan fingerprint density at radius 2 is 2.14 bits per heavy atom. The highest BCUT2D eigenvalue weighted by Crippen LogP contribution is 2.26. The SMILES string of the molecule is C/C=C\C(Cl)=C/c1c[nH]c2c1CN(Cc1ccccc1)CC2. The maximum Gasteiger partial charge on any atom is 0.0409 e. The summed E-state index contributed by atoms with van der Waals surface area (Å²) < 4.78 is 0. The maximum atomic E-state index is 6.23. The van der Waals surface area contributed by atoms with E-state index >= 15 is 0 Å². The van der Waals surface area contributed by atoms with Crippen molar-refractivity contribution in [2.24, 2.45) is 0 Å². The summed E-state index contributed by atoms with van der Waals surface area (Å²) in [5.41, 5.74) is 5.30. The van der Waals surface area contributed by atoms with Crippen molar-refractivity contribution in [2.75, 3.05) is 6.54 Å². The van der Waals surface area contributed by atoms with E-state index in [1.807, 2.05) is 25.2 Å². The average molecular weight is 313 g/mol. The molecule has 0 saturated carbocycles. The van der Waals surface area contributed by atoms with Crippen LogP contribution >= 0.6 is 11.6 Å². The lowest BCUT2D eigenvalue weighted by molar-refractivity contribution is 0.244. The number of aromatic amines is 1. The summed E-state index contributed by atoms with van der Waals surface area (Å²) >= 11 is 6.23. The largest absolute Gasteiger partial charge is 0.364 e. The summed E-state index contributed by atoms with van der Waals surface area (Å²) in [5, 5.41) is 0.768. The third-order valence-electron chi connectivity index (χ3n) is 4.04. The average Bonchev–Trinajstić information content (AvgIpc) is 2.91. The Labute approximate surface area is 137 Å². The summed E-state index contributed by atoms with van der Waals surface area (Å²) in [6, 6.07) is 10.7. The molecule has 0 amide bonds. The molecule has 2 nitrogen and oxygen atoms in total. The molecule has 0 radical (unpaired) electrons. The number of fused-ring (bicyclic) bond motifs is 1. The molecule has 114 valence electrons. The molecule has 2 aromatic rings. The number of hydrogen-bond acceptors (Lipinski definition) is 1. The predicted octanol–water partition coefficient (Wildman–Crippen LogP) is 4.73. The van der Waals surface area contributed by atoms with Gasteiger partial charge in [-0.1, -0.05) is 48.0 Å². The van der Waals surface area contributed by atoms with Gasteiger partial charge in [-0.3, -0.25) is 4.90 Å². The van der Waals surface area contributed by atoms with Crippen LogP contribution in [0, 0.1) is 0 Å². The van der Waals surface area contributed by atoms with Gasteiger partial charge in [0.15, 0.2) is 0 Å². The highest BCUT2D eigenvalue weighted by molar-refractivity contribution is 6.33. The fraction of sp³-hybridized carbons (Fsp3) is 0.263. The Balaban J connectivity index is 1.77. The second-order valence-corrected chi connectivity index (χ2v) is 6.11. The summed E-state index contributed by atoms with van der Waals surface area (Å²) in [4.78, 5) is 5.90. The Kier molecular flexibility index (Phi) is 4.81. The lowest BCUT2D eigenvalue weighted by Crippen LogP contribution is -2.30. The number of nitrogens with one attached hydrogen (secondary N) is 1. The molecule has 0 bridgehead atoms. The third-order valence-corrected chi connectivity index (χ3v) is 4.28. The van der Waals surface area contributed by atoms with Crippen LogP contribution in [0.25, 0.3) is 6.08 Å². The summed E-state index contributed by atoms with van der Waals surface area (Å²) in [7, 11) is 0. The molecule has 1 aromatic heterocycles. The first-order valence-electron chi connectivity index (χ1n) is 7.71. The lowest BCUT2D eigenvalue weighted by atomic mass is 10.0. The predicted molar refractivity (Wildman–Crippen MR) is 93.7 cm³/mol. The van der Waals surface area contributed by atoms with E-state index in [1.165, 1.54) is 22.4 Å². The zero-order valence-corrected chi connectivity index (χ0v) is 13.6. The normalized spacial score (nSPS) is 16.2. The molecule has 2 heterocycles. The van der Waals surface area contributed by atoms with E-state index in [1.54, 1.807) is 0 Å². The van der Waals surface area contributed by atoms with E-state index in [2.05, 4.69) is 46.4 Å². The van der Waals surface area contributed by atoms with Gasteiger partial charge in [0, 0.05) is 43.0 Å². The van der Waals surface area contributed by atoms with Crippen LogP contribution in [0.2, 0.25) is 0 Å². The summed E-state index contributed by atoms with van der Waals surface area (Å²) in [5.74, 6) is 0. The minimum absolute atomic E-state index is 0.768. The summed E-state index contributed by atoms with van der Waals surface area (Å²) in [6.07, 6.45) is 9.06. The van der Waals surface area contributed by atoms with Crippen molar-refractivity contribution < 1.29 is 0 Å². The number of benzene rings is 1. The van der Waals surface area contributed by atoms with Crippen LogP contribution in [-0.4, -0.2) is 16.4 Å². The van der Waals surface area contributed by atoms with Crippen molar-refractivity contribution in [1.82, 2.24) is 9.88 Å². The van der Waals surface area contributed by atoms with Crippen LogP contribution < -0.4 is 0 Å². The van der Waals surface area contributed by atoms with E-state index < -0.39 is 0 Å². The fourth-order valence-electron chi connectivity index (χ4n) is 2.96. The molecular formula is C19H21ClN2. The van der Waals surface area contributed by atoms with E-state index in [0.29, 0.717) is 0 Å². The monoisotopic (exact) mass is 312 g/mol. The molecule has 1 aliphatic heterocycles. The van der Waals surface area contributed by atoms with Gasteiger partial charge in [-0.25, -0.2) is 0 Å². The zero-order valence-electron chi connectivity index (χ0n) is 12.8. The van der Waals surface area contributed by atoms with Crippen LogP contribution in [0.3, 0.4) is 0 Å². The highest BCUT2D eigenvalue weighted by atomic mass is 35.5. The Hall–Kier alpha value is -1.77. The smallest absolute Gasteiger partial charge is 0.0409 e. The minimum atomic E-state index is 0.768. The Bertz CT molecular complexity index is 683. The number of hydrogen-bond donors (Lipinski definition) is 1. The number of allylic oxidation sites excluding steroid dienone is 3. The van der Waals surface area contributed by atoms with Crippen molar-refractivity contribution in [2.45, 2.75) is 26.4 Å². The van der Waals surface area contributed by atoms with Crippen LogP contribution in [0.15, 0.2) is 53.7 Å². The first-order chi connectivity index (χ1) is 10.8. The summed E-state index contributed by atoms with van der Waals surface area (Å²) in [6.45, 7) is 5.04. The Morgan fingerprint density at radius 1 is 1.32 bits per heavy atom. The van der Waals surface area contributed by atoms with E-state index in [4.69, 9.17) is 11.6 Å². The second kappa shape index (κ2) is 6.99. The van der Waals surface area contributed by atoms with Crippen LogP contribution in [-0.2, 0) is 19.5 Å². The van der Waals surface area contributed by atoms with Gasteiger partial charge in [-0.15, -0.1) is 0 Å². The van der Waals surface area contributed by atoms with Crippen molar-refractivity contribution >= 4 is 17.7 Å². The topological polar surface area (TPSA) is 19.0 Å². The van der Waals surface area contributed by atoms with Crippen molar-refractivity contribution in [3.63, 3.8) is 0 Å². The van der Waals surface area contributed by atoms with Gasteiger partial charge in [-0.2, -0.15) is 0 Å². The molecule has 22 heavy (non-hydrogen) atoms. The van der Waals surface area contributed by atoms with Crippen LogP contribution in [0.5, 0.6) is 0 Å². The highest BCUT2D eigenvalue weighted by Gasteiger charge is 2.20. The molecule has 3 heteroatoms. The minimum Gasteiger partial charge on any atom is -0.364 e. The van der Waals surface area contributed by atoms with E-state index in [9.17, 15) is 0 Å². The molecule has 0 fully saturated rings. The van der Waals surface area contributed by atoms with Crippen molar-refractivity contribution in [3.8, 4) is 0 Å². The number of rotatable bonds is 4. The van der Waals surface area contributed by atoms with Gasteiger partial charge in [0.25, 0.3) is 0 Å². The standard InChI is InChI=1S/C19H21ClN2/c1-2-6-17(20)11-16-12-21-19-9-10-22(14-18(16)19)13-15-7-4-3-5-8-15/h2-8,11-12,21H,9-10,13-14H2,1H3/b6-2-,17-11+. The number of halogens is 1. The molecule has 0 saturated heterocycles.